The van der Waals surface area contributed by atoms with Gasteiger partial charge in [0.15, 0.2) is 6.10 Å². The first-order chi connectivity index (χ1) is 8.65. The van der Waals surface area contributed by atoms with Crippen LogP contribution in [0.15, 0.2) is 0 Å². The summed E-state index contributed by atoms with van der Waals surface area (Å²) in [5.74, 6) is -0.120. The van der Waals surface area contributed by atoms with E-state index in [9.17, 15) is 4.79 Å². The molecule has 2 aliphatic heterocycles. The highest BCUT2D eigenvalue weighted by molar-refractivity contribution is 5.72. The first kappa shape index (κ1) is 13.8. The Morgan fingerprint density at radius 2 is 1.94 bits per heavy atom. The van der Waals surface area contributed by atoms with Crippen LogP contribution < -0.4 is 0 Å². The van der Waals surface area contributed by atoms with Crippen molar-refractivity contribution in [3.8, 4) is 0 Å². The van der Waals surface area contributed by atoms with Crippen molar-refractivity contribution in [2.24, 2.45) is 5.92 Å². The molecule has 0 saturated carbocycles. The summed E-state index contributed by atoms with van der Waals surface area (Å²) in [4.78, 5) is 13.1. The maximum atomic E-state index is 10.8. The largest absolute Gasteiger partial charge is 0.479 e. The van der Waals surface area contributed by atoms with E-state index in [0.29, 0.717) is 12.3 Å². The Labute approximate surface area is 108 Å². The minimum atomic E-state index is -0.829. The van der Waals surface area contributed by atoms with Crippen molar-refractivity contribution in [3.63, 3.8) is 0 Å². The van der Waals surface area contributed by atoms with Gasteiger partial charge in [-0.05, 0) is 38.6 Å². The van der Waals surface area contributed by atoms with Crippen LogP contribution in [0.3, 0.4) is 0 Å². The van der Waals surface area contributed by atoms with Gasteiger partial charge in [0.25, 0.3) is 0 Å². The van der Waals surface area contributed by atoms with Crippen molar-refractivity contribution in [3.05, 3.63) is 0 Å². The quantitative estimate of drug-likeness (QED) is 0.795. The van der Waals surface area contributed by atoms with Crippen LogP contribution in [-0.2, 0) is 14.3 Å². The molecule has 0 spiro atoms. The summed E-state index contributed by atoms with van der Waals surface area (Å²) in [6, 6.07) is 0. The second kappa shape index (κ2) is 6.50. The topological polar surface area (TPSA) is 59.0 Å². The third-order valence-corrected chi connectivity index (χ3v) is 3.81. The Kier molecular flexibility index (Phi) is 4.97. The number of hydrogen-bond donors (Lipinski definition) is 1. The van der Waals surface area contributed by atoms with Crippen LogP contribution in [-0.4, -0.2) is 61.5 Å². The molecule has 0 aliphatic carbocycles. The van der Waals surface area contributed by atoms with Gasteiger partial charge in [-0.3, -0.25) is 0 Å². The second-order valence-electron chi connectivity index (χ2n) is 5.44. The van der Waals surface area contributed by atoms with Crippen LogP contribution in [0.5, 0.6) is 0 Å². The SMILES string of the molecule is CN(CC1CCOCC1)CC1CCC(C(=O)O)O1. The van der Waals surface area contributed by atoms with Crippen LogP contribution in [0.2, 0.25) is 0 Å². The molecule has 0 aromatic heterocycles. The number of carboxylic acids is 1. The zero-order chi connectivity index (χ0) is 13.0. The van der Waals surface area contributed by atoms with Crippen molar-refractivity contribution < 1.29 is 19.4 Å². The standard InChI is InChI=1S/C13H23NO4/c1-14(8-10-4-6-17-7-5-10)9-11-2-3-12(18-11)13(15)16/h10-12H,2-9H2,1H3,(H,15,16). The number of carboxylic acid groups (broad SMARTS) is 1. The monoisotopic (exact) mass is 257 g/mol. The minimum absolute atomic E-state index is 0.0796. The number of likely N-dealkylation sites (N-methyl/N-ethyl adjacent to an activating group) is 1. The van der Waals surface area contributed by atoms with Crippen LogP contribution in [0.25, 0.3) is 0 Å². The van der Waals surface area contributed by atoms with Crippen molar-refractivity contribution in [1.82, 2.24) is 4.90 Å². The molecule has 2 heterocycles. The lowest BCUT2D eigenvalue weighted by molar-refractivity contribution is -0.149. The first-order valence-corrected chi connectivity index (χ1v) is 6.79. The fourth-order valence-corrected chi connectivity index (χ4v) is 2.81. The van der Waals surface area contributed by atoms with Crippen LogP contribution in [0, 0.1) is 5.92 Å². The first-order valence-electron chi connectivity index (χ1n) is 6.79. The molecule has 2 unspecified atom stereocenters. The summed E-state index contributed by atoms with van der Waals surface area (Å²) in [7, 11) is 2.09. The van der Waals surface area contributed by atoms with E-state index in [1.165, 1.54) is 0 Å². The molecule has 0 radical (unpaired) electrons. The molecular formula is C13H23NO4. The van der Waals surface area contributed by atoms with Crippen LogP contribution >= 0.6 is 0 Å². The van der Waals surface area contributed by atoms with Crippen molar-refractivity contribution in [1.29, 1.82) is 0 Å². The summed E-state index contributed by atoms with van der Waals surface area (Å²) in [6.45, 7) is 3.64. The molecule has 18 heavy (non-hydrogen) atoms. The van der Waals surface area contributed by atoms with Gasteiger partial charge >= 0.3 is 5.97 Å². The molecule has 2 saturated heterocycles. The molecule has 2 fully saturated rings. The normalized spacial score (nSPS) is 29.9. The molecule has 1 N–H and O–H groups in total. The van der Waals surface area contributed by atoms with E-state index in [-0.39, 0.29) is 6.10 Å². The lowest BCUT2D eigenvalue weighted by atomic mass is 10.00. The van der Waals surface area contributed by atoms with Gasteiger partial charge in [-0.2, -0.15) is 0 Å². The average molecular weight is 257 g/mol. The highest BCUT2D eigenvalue weighted by Crippen LogP contribution is 2.21. The Bertz CT molecular complexity index is 278. The predicted molar refractivity (Wildman–Crippen MR) is 66.6 cm³/mol. The van der Waals surface area contributed by atoms with Crippen LogP contribution in [0.4, 0.5) is 0 Å². The number of rotatable bonds is 5. The molecule has 5 heteroatoms. The molecule has 0 bridgehead atoms. The van der Waals surface area contributed by atoms with Crippen molar-refractivity contribution in [2.75, 3.05) is 33.4 Å². The smallest absolute Gasteiger partial charge is 0.332 e. The van der Waals surface area contributed by atoms with Gasteiger partial charge in [0.05, 0.1) is 6.10 Å². The van der Waals surface area contributed by atoms with E-state index in [1.807, 2.05) is 0 Å². The molecule has 2 atom stereocenters. The zero-order valence-corrected chi connectivity index (χ0v) is 11.0. The Morgan fingerprint density at radius 1 is 1.22 bits per heavy atom. The summed E-state index contributed by atoms with van der Waals surface area (Å²) in [5.41, 5.74) is 0. The Balaban J connectivity index is 1.68. The molecule has 5 nitrogen and oxygen atoms in total. The lowest BCUT2D eigenvalue weighted by Gasteiger charge is -2.28. The van der Waals surface area contributed by atoms with Gasteiger partial charge in [0.2, 0.25) is 0 Å². The van der Waals surface area contributed by atoms with E-state index in [0.717, 1.165) is 45.6 Å². The fraction of sp³-hybridized carbons (Fsp3) is 0.923. The number of hydrogen-bond acceptors (Lipinski definition) is 4. The van der Waals surface area contributed by atoms with Gasteiger partial charge in [-0.1, -0.05) is 0 Å². The number of ether oxygens (including phenoxy) is 2. The molecule has 2 rings (SSSR count). The number of carbonyl (C=O) groups is 1. The predicted octanol–water partition coefficient (Wildman–Crippen LogP) is 0.977. The van der Waals surface area contributed by atoms with E-state index in [2.05, 4.69) is 11.9 Å². The maximum absolute atomic E-state index is 10.8. The van der Waals surface area contributed by atoms with Gasteiger partial charge in [-0.25, -0.2) is 4.79 Å². The number of nitrogens with zero attached hydrogens (tertiary/aromatic N) is 1. The second-order valence-corrected chi connectivity index (χ2v) is 5.44. The summed E-state index contributed by atoms with van der Waals surface area (Å²) in [5, 5.41) is 8.87. The Morgan fingerprint density at radius 3 is 2.56 bits per heavy atom. The van der Waals surface area contributed by atoms with Gasteiger partial charge < -0.3 is 19.5 Å². The third kappa shape index (κ3) is 3.93. The Hall–Kier alpha value is -0.650. The number of aliphatic carboxylic acids is 1. The molecule has 2 aliphatic rings. The molecular weight excluding hydrogens is 234 g/mol. The average Bonchev–Trinajstić information content (AvgIpc) is 2.78. The van der Waals surface area contributed by atoms with Gasteiger partial charge in [0, 0.05) is 26.3 Å². The van der Waals surface area contributed by atoms with E-state index >= 15 is 0 Å². The van der Waals surface area contributed by atoms with Gasteiger partial charge in [-0.15, -0.1) is 0 Å². The third-order valence-electron chi connectivity index (χ3n) is 3.81. The fourth-order valence-electron chi connectivity index (χ4n) is 2.81. The summed E-state index contributed by atoms with van der Waals surface area (Å²) >= 11 is 0. The maximum Gasteiger partial charge on any atom is 0.332 e. The highest BCUT2D eigenvalue weighted by atomic mass is 16.5. The molecule has 104 valence electrons. The van der Waals surface area contributed by atoms with Crippen molar-refractivity contribution in [2.45, 2.75) is 37.9 Å². The highest BCUT2D eigenvalue weighted by Gasteiger charge is 2.31. The molecule has 0 amide bonds. The summed E-state index contributed by atoms with van der Waals surface area (Å²) < 4.78 is 10.9. The van der Waals surface area contributed by atoms with Gasteiger partial charge in [0.1, 0.15) is 0 Å². The van der Waals surface area contributed by atoms with E-state index in [4.69, 9.17) is 14.6 Å². The van der Waals surface area contributed by atoms with E-state index < -0.39 is 12.1 Å². The lowest BCUT2D eigenvalue weighted by Crippen LogP contribution is -2.35. The molecule has 0 aromatic carbocycles. The zero-order valence-electron chi connectivity index (χ0n) is 11.0. The minimum Gasteiger partial charge on any atom is -0.479 e. The summed E-state index contributed by atoms with van der Waals surface area (Å²) in [6.07, 6.45) is 3.25. The van der Waals surface area contributed by atoms with Crippen LogP contribution in [0.1, 0.15) is 25.7 Å². The van der Waals surface area contributed by atoms with E-state index in [1.54, 1.807) is 0 Å². The van der Waals surface area contributed by atoms with Crippen molar-refractivity contribution >= 4 is 5.97 Å². The molecule has 0 aromatic rings.